The number of ether oxygens (including phenoxy) is 3. The number of hydrogen-bond acceptors (Lipinski definition) is 7. The zero-order valence-electron chi connectivity index (χ0n) is 16.7. The van der Waals surface area contributed by atoms with Gasteiger partial charge >= 0.3 is 0 Å². The monoisotopic (exact) mass is 413 g/mol. The van der Waals surface area contributed by atoms with E-state index in [1.54, 1.807) is 43.4 Å². The van der Waals surface area contributed by atoms with Crippen LogP contribution in [0.3, 0.4) is 0 Å². The van der Waals surface area contributed by atoms with E-state index in [4.69, 9.17) is 18.7 Å². The number of carbonyl (C=O) groups excluding carboxylic acids is 1. The van der Waals surface area contributed by atoms with Gasteiger partial charge in [0, 0.05) is 36.2 Å². The fourth-order valence-electron chi connectivity index (χ4n) is 3.44. The lowest BCUT2D eigenvalue weighted by Crippen LogP contribution is -2.24. The van der Waals surface area contributed by atoms with Crippen molar-refractivity contribution in [1.29, 1.82) is 0 Å². The Bertz CT molecular complexity index is 1080. The Morgan fingerprint density at radius 1 is 1.03 bits per heavy atom. The van der Waals surface area contributed by atoms with Gasteiger partial charge in [0.1, 0.15) is 0 Å². The predicted molar refractivity (Wildman–Crippen MR) is 106 cm³/mol. The molecule has 1 aromatic heterocycles. The third-order valence-corrected chi connectivity index (χ3v) is 5.01. The molecule has 1 atom stereocenters. The second-order valence-corrected chi connectivity index (χ2v) is 6.75. The average molecular weight is 413 g/mol. The molecule has 0 spiro atoms. The lowest BCUT2D eigenvalue weighted by molar-refractivity contribution is -0.117. The van der Waals surface area contributed by atoms with Crippen molar-refractivity contribution in [3.8, 4) is 28.7 Å². The highest BCUT2D eigenvalue weighted by Crippen LogP contribution is 2.36. The molecule has 8 nitrogen and oxygen atoms in total. The van der Waals surface area contributed by atoms with E-state index in [-0.39, 0.29) is 29.9 Å². The van der Waals surface area contributed by atoms with E-state index < -0.39 is 5.82 Å². The Balaban J connectivity index is 1.54. The van der Waals surface area contributed by atoms with Gasteiger partial charge in [-0.2, -0.15) is 4.98 Å². The number of halogens is 1. The smallest absolute Gasteiger partial charge is 0.258 e. The maximum absolute atomic E-state index is 14.0. The van der Waals surface area contributed by atoms with E-state index >= 15 is 0 Å². The summed E-state index contributed by atoms with van der Waals surface area (Å²) in [6.07, 6.45) is 0.240. The van der Waals surface area contributed by atoms with Crippen LogP contribution >= 0.6 is 0 Å². The van der Waals surface area contributed by atoms with E-state index in [0.717, 1.165) is 0 Å². The van der Waals surface area contributed by atoms with Crippen LogP contribution in [0.25, 0.3) is 11.5 Å². The summed E-state index contributed by atoms with van der Waals surface area (Å²) >= 11 is 0. The Kier molecular flexibility index (Phi) is 5.26. The second-order valence-electron chi connectivity index (χ2n) is 6.75. The van der Waals surface area contributed by atoms with Gasteiger partial charge in [-0.05, 0) is 30.3 Å². The van der Waals surface area contributed by atoms with Crippen molar-refractivity contribution in [3.63, 3.8) is 0 Å². The summed E-state index contributed by atoms with van der Waals surface area (Å²) in [7, 11) is 4.49. The third kappa shape index (κ3) is 3.54. The van der Waals surface area contributed by atoms with Crippen molar-refractivity contribution in [2.45, 2.75) is 12.3 Å². The van der Waals surface area contributed by atoms with Gasteiger partial charge in [0.05, 0.1) is 21.3 Å². The van der Waals surface area contributed by atoms with E-state index in [9.17, 15) is 9.18 Å². The van der Waals surface area contributed by atoms with Crippen LogP contribution in [0.4, 0.5) is 10.1 Å². The van der Waals surface area contributed by atoms with Crippen LogP contribution in [-0.4, -0.2) is 43.9 Å². The van der Waals surface area contributed by atoms with Crippen molar-refractivity contribution in [2.75, 3.05) is 32.8 Å². The minimum absolute atomic E-state index is 0.0611. The van der Waals surface area contributed by atoms with Gasteiger partial charge in [-0.3, -0.25) is 4.79 Å². The fourth-order valence-corrected chi connectivity index (χ4v) is 3.44. The largest absolute Gasteiger partial charge is 0.494 e. The van der Waals surface area contributed by atoms with Gasteiger partial charge in [-0.1, -0.05) is 5.16 Å². The number of methoxy groups -OCH3 is 3. The minimum Gasteiger partial charge on any atom is -0.494 e. The number of amides is 1. The Labute approximate surface area is 172 Å². The van der Waals surface area contributed by atoms with Gasteiger partial charge in [0.15, 0.2) is 28.9 Å². The summed E-state index contributed by atoms with van der Waals surface area (Å²) in [4.78, 5) is 18.6. The minimum atomic E-state index is -0.523. The Hall–Kier alpha value is -3.62. The molecular weight excluding hydrogens is 393 g/mol. The zero-order valence-corrected chi connectivity index (χ0v) is 16.7. The van der Waals surface area contributed by atoms with Gasteiger partial charge in [0.2, 0.25) is 5.91 Å². The summed E-state index contributed by atoms with van der Waals surface area (Å²) in [5, 5.41) is 4.01. The van der Waals surface area contributed by atoms with E-state index in [2.05, 4.69) is 10.1 Å². The molecule has 0 N–H and O–H groups in total. The lowest BCUT2D eigenvalue weighted by Gasteiger charge is -2.18. The Morgan fingerprint density at radius 2 is 1.77 bits per heavy atom. The van der Waals surface area contributed by atoms with Gasteiger partial charge < -0.3 is 23.6 Å². The number of benzene rings is 2. The predicted octanol–water partition coefficient (Wildman–Crippen LogP) is 3.42. The molecule has 2 heterocycles. The first kappa shape index (κ1) is 19.7. The highest BCUT2D eigenvalue weighted by atomic mass is 19.1. The number of carbonyl (C=O) groups is 1. The number of rotatable bonds is 6. The molecule has 156 valence electrons. The van der Waals surface area contributed by atoms with E-state index in [1.807, 2.05) is 0 Å². The first-order valence-electron chi connectivity index (χ1n) is 9.24. The topological polar surface area (TPSA) is 86.9 Å². The molecule has 30 heavy (non-hydrogen) atoms. The molecule has 4 rings (SSSR count). The van der Waals surface area contributed by atoms with Crippen LogP contribution in [0.2, 0.25) is 0 Å². The van der Waals surface area contributed by atoms with Crippen LogP contribution in [0.15, 0.2) is 40.9 Å². The quantitative estimate of drug-likeness (QED) is 0.612. The molecule has 0 radical (unpaired) electrons. The Morgan fingerprint density at radius 3 is 2.47 bits per heavy atom. The van der Waals surface area contributed by atoms with Crippen LogP contribution < -0.4 is 19.1 Å². The average Bonchev–Trinajstić information content (AvgIpc) is 3.40. The fraction of sp³-hybridized carbons (Fsp3) is 0.286. The summed E-state index contributed by atoms with van der Waals surface area (Å²) in [5.74, 6) is 1.01. The van der Waals surface area contributed by atoms with Crippen molar-refractivity contribution < 1.29 is 27.9 Å². The molecule has 1 aliphatic heterocycles. The standard InChI is InChI=1S/C21H20FN3O5/c1-27-16-6-4-12(8-15(16)22)21-23-20(24-30-21)13-9-19(26)25(11-13)14-5-7-17(28-2)18(10-14)29-3/h4-8,10,13H,9,11H2,1-3H3. The van der Waals surface area contributed by atoms with Gasteiger partial charge in [0.25, 0.3) is 5.89 Å². The molecule has 1 fully saturated rings. The molecular formula is C21H20FN3O5. The first-order valence-corrected chi connectivity index (χ1v) is 9.24. The van der Waals surface area contributed by atoms with Crippen LogP contribution in [0.1, 0.15) is 18.2 Å². The summed E-state index contributed by atoms with van der Waals surface area (Å²) in [5.41, 5.74) is 1.13. The molecule has 0 saturated carbocycles. The first-order chi connectivity index (χ1) is 14.5. The highest BCUT2D eigenvalue weighted by Gasteiger charge is 2.35. The summed E-state index contributed by atoms with van der Waals surface area (Å²) in [6.45, 7) is 0.393. The molecule has 0 bridgehead atoms. The maximum atomic E-state index is 14.0. The highest BCUT2D eigenvalue weighted by molar-refractivity contribution is 5.96. The molecule has 3 aromatic rings. The van der Waals surface area contributed by atoms with Gasteiger partial charge in [-0.25, -0.2) is 4.39 Å². The molecule has 2 aromatic carbocycles. The van der Waals surface area contributed by atoms with E-state index in [1.165, 1.54) is 19.2 Å². The van der Waals surface area contributed by atoms with Crippen LogP contribution in [-0.2, 0) is 4.79 Å². The summed E-state index contributed by atoms with van der Waals surface area (Å²) < 4.78 is 34.7. The van der Waals surface area contributed by atoms with Crippen LogP contribution in [0.5, 0.6) is 17.2 Å². The zero-order chi connectivity index (χ0) is 21.3. The third-order valence-electron chi connectivity index (χ3n) is 5.01. The van der Waals surface area contributed by atoms with Crippen molar-refractivity contribution >= 4 is 11.6 Å². The van der Waals surface area contributed by atoms with E-state index in [0.29, 0.717) is 35.1 Å². The van der Waals surface area contributed by atoms with Crippen molar-refractivity contribution in [3.05, 3.63) is 48.0 Å². The molecule has 1 unspecified atom stereocenters. The normalized spacial score (nSPS) is 16.1. The maximum Gasteiger partial charge on any atom is 0.258 e. The van der Waals surface area contributed by atoms with Gasteiger partial charge in [-0.15, -0.1) is 0 Å². The van der Waals surface area contributed by atoms with Crippen molar-refractivity contribution in [1.82, 2.24) is 10.1 Å². The number of hydrogen-bond donors (Lipinski definition) is 0. The SMILES string of the molecule is COc1ccc(-c2nc(C3CC(=O)N(c4ccc(OC)c(OC)c4)C3)no2)cc1F. The molecule has 1 amide bonds. The van der Waals surface area contributed by atoms with Crippen molar-refractivity contribution in [2.24, 2.45) is 0 Å². The molecule has 1 aliphatic rings. The second kappa shape index (κ2) is 8.02. The molecule has 0 aliphatic carbocycles. The lowest BCUT2D eigenvalue weighted by atomic mass is 10.1. The number of aromatic nitrogens is 2. The van der Waals surface area contributed by atoms with Crippen LogP contribution in [0, 0.1) is 5.82 Å². The molecule has 9 heteroatoms. The summed E-state index contributed by atoms with van der Waals surface area (Å²) in [6, 6.07) is 9.69. The number of anilines is 1. The molecule has 1 saturated heterocycles. The number of nitrogens with zero attached hydrogens (tertiary/aromatic N) is 3.